The molecule has 1 aromatic rings. The van der Waals surface area contributed by atoms with Gasteiger partial charge in [0.25, 0.3) is 0 Å². The van der Waals surface area contributed by atoms with Gasteiger partial charge in [-0.2, -0.15) is 5.10 Å². The van der Waals surface area contributed by atoms with Crippen LogP contribution in [-0.2, 0) is 6.42 Å². The van der Waals surface area contributed by atoms with Gasteiger partial charge in [0.2, 0.25) is 0 Å². The summed E-state index contributed by atoms with van der Waals surface area (Å²) in [4.78, 5) is 11.9. The molecule has 19 heavy (non-hydrogen) atoms. The highest BCUT2D eigenvalue weighted by atomic mass is 19.1. The van der Waals surface area contributed by atoms with Crippen molar-refractivity contribution in [3.63, 3.8) is 0 Å². The molecular weight excluding hydrogens is 245 g/mol. The molecule has 1 aliphatic heterocycles. The zero-order valence-electron chi connectivity index (χ0n) is 11.0. The van der Waals surface area contributed by atoms with Gasteiger partial charge in [0.15, 0.2) is 0 Å². The van der Waals surface area contributed by atoms with Gasteiger partial charge in [-0.1, -0.05) is 19.1 Å². The number of rotatable bonds is 4. The second kappa shape index (κ2) is 6.31. The van der Waals surface area contributed by atoms with Gasteiger partial charge in [-0.15, -0.1) is 0 Å². The van der Waals surface area contributed by atoms with E-state index in [2.05, 4.69) is 10.4 Å². The molecule has 0 aliphatic carbocycles. The van der Waals surface area contributed by atoms with Crippen LogP contribution in [-0.4, -0.2) is 29.8 Å². The van der Waals surface area contributed by atoms with E-state index in [1.165, 1.54) is 17.1 Å². The first kappa shape index (κ1) is 13.5. The number of urea groups is 1. The zero-order valence-corrected chi connectivity index (χ0v) is 11.0. The first-order valence-corrected chi connectivity index (χ1v) is 6.54. The van der Waals surface area contributed by atoms with Crippen LogP contribution in [0.4, 0.5) is 9.18 Å². The molecule has 5 heteroatoms. The normalized spacial score (nSPS) is 17.8. The largest absolute Gasteiger partial charge is 0.338 e. The second-order valence-corrected chi connectivity index (χ2v) is 4.55. The number of carbonyl (C=O) groups excluding carboxylic acids is 1. The highest BCUT2D eigenvalue weighted by Gasteiger charge is 2.24. The zero-order chi connectivity index (χ0) is 13.7. The molecule has 0 fully saturated rings. The van der Waals surface area contributed by atoms with Gasteiger partial charge in [-0.05, 0) is 30.5 Å². The summed E-state index contributed by atoms with van der Waals surface area (Å²) in [5, 5.41) is 8.41. The average Bonchev–Trinajstić information content (AvgIpc) is 2.89. The number of hydrogen-bond donors (Lipinski definition) is 1. The molecule has 1 N–H and O–H groups in total. The molecule has 0 radical (unpaired) electrons. The van der Waals surface area contributed by atoms with Gasteiger partial charge in [0, 0.05) is 19.2 Å². The van der Waals surface area contributed by atoms with Crippen LogP contribution in [0.1, 0.15) is 25.3 Å². The van der Waals surface area contributed by atoms with E-state index in [1.807, 2.05) is 6.92 Å². The van der Waals surface area contributed by atoms with E-state index in [-0.39, 0.29) is 17.9 Å². The van der Waals surface area contributed by atoms with E-state index in [4.69, 9.17) is 0 Å². The first-order chi connectivity index (χ1) is 9.20. The van der Waals surface area contributed by atoms with E-state index in [0.29, 0.717) is 13.0 Å². The molecule has 4 nitrogen and oxygen atoms in total. The molecule has 0 aromatic heterocycles. The third kappa shape index (κ3) is 3.53. The summed E-state index contributed by atoms with van der Waals surface area (Å²) >= 11 is 0. The quantitative estimate of drug-likeness (QED) is 0.891. The molecular formula is C14H18FN3O. The van der Waals surface area contributed by atoms with Gasteiger partial charge in [-0.25, -0.2) is 14.2 Å². The van der Waals surface area contributed by atoms with Crippen molar-refractivity contribution in [2.75, 3.05) is 6.54 Å². The molecule has 1 unspecified atom stereocenters. The Morgan fingerprint density at radius 2 is 2.21 bits per heavy atom. The Morgan fingerprint density at radius 3 is 2.89 bits per heavy atom. The summed E-state index contributed by atoms with van der Waals surface area (Å²) in [5.41, 5.74) is 0.999. The van der Waals surface area contributed by atoms with Crippen molar-refractivity contribution in [3.05, 3.63) is 35.6 Å². The summed E-state index contributed by atoms with van der Waals surface area (Å²) in [7, 11) is 0. The van der Waals surface area contributed by atoms with Crippen molar-refractivity contribution in [1.29, 1.82) is 0 Å². The van der Waals surface area contributed by atoms with Crippen LogP contribution in [0, 0.1) is 5.82 Å². The number of amides is 2. The van der Waals surface area contributed by atoms with Crippen molar-refractivity contribution in [2.24, 2.45) is 5.10 Å². The van der Waals surface area contributed by atoms with Crippen molar-refractivity contribution in [1.82, 2.24) is 10.3 Å². The molecule has 1 heterocycles. The molecule has 0 saturated heterocycles. The number of nitrogens with one attached hydrogen (secondary N) is 1. The fourth-order valence-corrected chi connectivity index (χ4v) is 2.05. The van der Waals surface area contributed by atoms with Gasteiger partial charge in [0.1, 0.15) is 5.82 Å². The lowest BCUT2D eigenvalue weighted by molar-refractivity contribution is 0.184. The Labute approximate surface area is 112 Å². The number of hydrogen-bond acceptors (Lipinski definition) is 2. The summed E-state index contributed by atoms with van der Waals surface area (Å²) in [6, 6.07) is 6.31. The van der Waals surface area contributed by atoms with Crippen molar-refractivity contribution in [2.45, 2.75) is 32.2 Å². The van der Waals surface area contributed by atoms with Crippen molar-refractivity contribution < 1.29 is 9.18 Å². The molecule has 1 aliphatic rings. The summed E-state index contributed by atoms with van der Waals surface area (Å²) in [6.45, 7) is 2.56. The van der Waals surface area contributed by atoms with Crippen LogP contribution < -0.4 is 5.32 Å². The minimum absolute atomic E-state index is 0.164. The number of carbonyl (C=O) groups is 1. The van der Waals surface area contributed by atoms with E-state index >= 15 is 0 Å². The molecule has 1 atom stereocenters. The maximum atomic E-state index is 12.7. The second-order valence-electron chi connectivity index (χ2n) is 4.55. The maximum Gasteiger partial charge on any atom is 0.338 e. The van der Waals surface area contributed by atoms with Crippen LogP contribution in [0.25, 0.3) is 0 Å². The van der Waals surface area contributed by atoms with E-state index in [9.17, 15) is 9.18 Å². The molecule has 102 valence electrons. The number of benzene rings is 1. The Balaban J connectivity index is 1.78. The van der Waals surface area contributed by atoms with Gasteiger partial charge in [0.05, 0.1) is 6.04 Å². The van der Waals surface area contributed by atoms with E-state index < -0.39 is 0 Å². The number of halogens is 1. The Morgan fingerprint density at radius 1 is 1.47 bits per heavy atom. The Bertz CT molecular complexity index is 458. The summed E-state index contributed by atoms with van der Waals surface area (Å²) < 4.78 is 12.7. The van der Waals surface area contributed by atoms with E-state index in [1.54, 1.807) is 18.3 Å². The summed E-state index contributed by atoms with van der Waals surface area (Å²) in [5.74, 6) is -0.245. The monoisotopic (exact) mass is 263 g/mol. The third-order valence-corrected chi connectivity index (χ3v) is 3.21. The Hall–Kier alpha value is -1.91. The van der Waals surface area contributed by atoms with Crippen LogP contribution in [0.15, 0.2) is 29.4 Å². The van der Waals surface area contributed by atoms with Crippen molar-refractivity contribution >= 4 is 12.2 Å². The van der Waals surface area contributed by atoms with Gasteiger partial charge in [-0.3, -0.25) is 0 Å². The fraction of sp³-hybridized carbons (Fsp3) is 0.429. The topological polar surface area (TPSA) is 44.7 Å². The predicted molar refractivity (Wildman–Crippen MR) is 72.5 cm³/mol. The molecule has 2 rings (SSSR count). The van der Waals surface area contributed by atoms with E-state index in [0.717, 1.165) is 18.4 Å². The summed E-state index contributed by atoms with van der Waals surface area (Å²) in [6.07, 6.45) is 4.17. The maximum absolute atomic E-state index is 12.7. The molecule has 1 aromatic carbocycles. The number of nitrogens with zero attached hydrogens (tertiary/aromatic N) is 2. The minimum atomic E-state index is -0.245. The highest BCUT2D eigenvalue weighted by molar-refractivity contribution is 5.77. The molecule has 0 spiro atoms. The first-order valence-electron chi connectivity index (χ1n) is 6.54. The van der Waals surface area contributed by atoms with Crippen LogP contribution in [0.3, 0.4) is 0 Å². The predicted octanol–water partition coefficient (Wildman–Crippen LogP) is 2.55. The Kier molecular flexibility index (Phi) is 4.49. The third-order valence-electron chi connectivity index (χ3n) is 3.21. The standard InChI is InChI=1S/C14H18FN3O/c1-2-13-8-10-17-18(13)14(19)16-9-7-11-3-5-12(15)6-4-11/h3-6,10,13H,2,7-9H2,1H3,(H,16,19). The van der Waals surface area contributed by atoms with Gasteiger partial charge >= 0.3 is 6.03 Å². The lowest BCUT2D eigenvalue weighted by Crippen LogP contribution is -2.41. The van der Waals surface area contributed by atoms with Crippen molar-refractivity contribution in [3.8, 4) is 0 Å². The smallest absolute Gasteiger partial charge is 0.336 e. The fourth-order valence-electron chi connectivity index (χ4n) is 2.05. The molecule has 2 amide bonds. The lowest BCUT2D eigenvalue weighted by Gasteiger charge is -2.20. The molecule has 0 bridgehead atoms. The lowest BCUT2D eigenvalue weighted by atomic mass is 10.1. The van der Waals surface area contributed by atoms with Crippen LogP contribution in [0.2, 0.25) is 0 Å². The van der Waals surface area contributed by atoms with Crippen LogP contribution >= 0.6 is 0 Å². The SMILES string of the molecule is CCC1CC=NN1C(=O)NCCc1ccc(F)cc1. The average molecular weight is 263 g/mol. The highest BCUT2D eigenvalue weighted by Crippen LogP contribution is 2.13. The molecule has 0 saturated carbocycles. The minimum Gasteiger partial charge on any atom is -0.336 e. The van der Waals surface area contributed by atoms with Crippen LogP contribution in [0.5, 0.6) is 0 Å². The number of hydrazone groups is 1. The van der Waals surface area contributed by atoms with Gasteiger partial charge < -0.3 is 5.32 Å².